The van der Waals surface area contributed by atoms with E-state index in [0.29, 0.717) is 17.0 Å². The number of piperidine rings is 1. The first-order valence-electron chi connectivity index (χ1n) is 12.1. The van der Waals surface area contributed by atoms with Gasteiger partial charge in [0.25, 0.3) is 5.91 Å². The first-order chi connectivity index (χ1) is 15.9. The standard InChI is InChI=1S/C27H35N5O/c1-27(2)12-14-31(16-15-30(27)3)25-11-10-24(19-29-25)26(33)32-13-4-5-23(20-32)17-21-6-8-22(18-28)9-7-21/h6-11,19,23H,4-5,12-17,20H2,1-3H3. The van der Waals surface area contributed by atoms with Gasteiger partial charge < -0.3 is 9.80 Å². The van der Waals surface area contributed by atoms with Gasteiger partial charge in [-0.05, 0) is 82.3 Å². The number of rotatable bonds is 4. The van der Waals surface area contributed by atoms with Gasteiger partial charge in [0.15, 0.2) is 0 Å². The Morgan fingerprint density at radius 2 is 1.91 bits per heavy atom. The fourth-order valence-corrected chi connectivity index (χ4v) is 4.86. The van der Waals surface area contributed by atoms with Crippen LogP contribution in [0.3, 0.4) is 0 Å². The summed E-state index contributed by atoms with van der Waals surface area (Å²) in [6, 6.07) is 13.9. The SMILES string of the molecule is CN1CCN(c2ccc(C(=O)N3CCCC(Cc4ccc(C#N)cc4)C3)cn2)CCC1(C)C. The second kappa shape index (κ2) is 9.93. The first-order valence-corrected chi connectivity index (χ1v) is 12.1. The van der Waals surface area contributed by atoms with E-state index in [4.69, 9.17) is 5.26 Å². The molecule has 1 unspecified atom stereocenters. The Hall–Kier alpha value is -2.91. The van der Waals surface area contributed by atoms with Gasteiger partial charge in [-0.25, -0.2) is 4.98 Å². The van der Waals surface area contributed by atoms with Crippen LogP contribution in [-0.4, -0.2) is 66.0 Å². The van der Waals surface area contributed by atoms with Crippen LogP contribution >= 0.6 is 0 Å². The third-order valence-corrected chi connectivity index (χ3v) is 7.46. The molecule has 0 radical (unpaired) electrons. The number of nitriles is 1. The number of hydrogen-bond donors (Lipinski definition) is 0. The fourth-order valence-electron chi connectivity index (χ4n) is 4.86. The Balaban J connectivity index is 1.37. The molecule has 2 aliphatic rings. The van der Waals surface area contributed by atoms with E-state index in [2.05, 4.69) is 41.7 Å². The van der Waals surface area contributed by atoms with Crippen LogP contribution in [0.15, 0.2) is 42.6 Å². The van der Waals surface area contributed by atoms with E-state index >= 15 is 0 Å². The van der Waals surface area contributed by atoms with E-state index in [1.165, 1.54) is 5.56 Å². The number of pyridine rings is 1. The van der Waals surface area contributed by atoms with Crippen molar-refractivity contribution in [3.63, 3.8) is 0 Å². The molecule has 3 heterocycles. The fraction of sp³-hybridized carbons (Fsp3) is 0.519. The van der Waals surface area contributed by atoms with Crippen LogP contribution in [0.4, 0.5) is 5.82 Å². The van der Waals surface area contributed by atoms with Crippen molar-refractivity contribution in [2.75, 3.05) is 44.7 Å². The van der Waals surface area contributed by atoms with Crippen LogP contribution in [0.5, 0.6) is 0 Å². The molecule has 0 N–H and O–H groups in total. The minimum atomic E-state index is 0.0790. The Morgan fingerprint density at radius 1 is 1.12 bits per heavy atom. The maximum atomic E-state index is 13.2. The van der Waals surface area contributed by atoms with E-state index < -0.39 is 0 Å². The number of benzene rings is 1. The molecule has 33 heavy (non-hydrogen) atoms. The average Bonchev–Trinajstić information content (AvgIpc) is 2.97. The van der Waals surface area contributed by atoms with Gasteiger partial charge in [-0.3, -0.25) is 9.69 Å². The monoisotopic (exact) mass is 445 g/mol. The molecule has 6 heteroatoms. The number of nitrogens with zero attached hydrogens (tertiary/aromatic N) is 5. The molecule has 0 aliphatic carbocycles. The lowest BCUT2D eigenvalue weighted by Crippen LogP contribution is -2.41. The number of hydrogen-bond acceptors (Lipinski definition) is 5. The Bertz CT molecular complexity index is 993. The summed E-state index contributed by atoms with van der Waals surface area (Å²) in [6.07, 6.45) is 5.92. The molecule has 1 atom stereocenters. The lowest BCUT2D eigenvalue weighted by Gasteiger charge is -2.33. The van der Waals surface area contributed by atoms with Gasteiger partial charge in [-0.2, -0.15) is 5.26 Å². The van der Waals surface area contributed by atoms with E-state index in [0.717, 1.165) is 64.2 Å². The second-order valence-electron chi connectivity index (χ2n) is 10.1. The predicted molar refractivity (Wildman–Crippen MR) is 131 cm³/mol. The molecule has 2 aromatic rings. The Labute approximate surface area is 197 Å². The third-order valence-electron chi connectivity index (χ3n) is 7.46. The third kappa shape index (κ3) is 5.54. The highest BCUT2D eigenvalue weighted by Gasteiger charge is 2.29. The molecule has 6 nitrogen and oxygen atoms in total. The van der Waals surface area contributed by atoms with Gasteiger partial charge in [-0.15, -0.1) is 0 Å². The second-order valence-corrected chi connectivity index (χ2v) is 10.1. The van der Waals surface area contributed by atoms with Crippen LogP contribution in [0, 0.1) is 17.2 Å². The number of anilines is 1. The summed E-state index contributed by atoms with van der Waals surface area (Å²) in [5.74, 6) is 1.48. The number of carbonyl (C=O) groups excluding carboxylic acids is 1. The number of likely N-dealkylation sites (tertiary alicyclic amines) is 1. The minimum Gasteiger partial charge on any atom is -0.355 e. The van der Waals surface area contributed by atoms with Gasteiger partial charge in [0.05, 0.1) is 17.2 Å². The Morgan fingerprint density at radius 3 is 2.61 bits per heavy atom. The van der Waals surface area contributed by atoms with E-state index in [9.17, 15) is 4.79 Å². The number of carbonyl (C=O) groups is 1. The van der Waals surface area contributed by atoms with Crippen molar-refractivity contribution in [1.82, 2.24) is 14.8 Å². The highest BCUT2D eigenvalue weighted by Crippen LogP contribution is 2.25. The Kier molecular flexibility index (Phi) is 6.99. The van der Waals surface area contributed by atoms with Crippen molar-refractivity contribution >= 4 is 11.7 Å². The maximum Gasteiger partial charge on any atom is 0.255 e. The molecule has 0 bridgehead atoms. The molecule has 1 aromatic carbocycles. The minimum absolute atomic E-state index is 0.0790. The lowest BCUT2D eigenvalue weighted by molar-refractivity contribution is 0.0673. The van der Waals surface area contributed by atoms with Crippen molar-refractivity contribution < 1.29 is 4.79 Å². The molecule has 174 valence electrons. The number of amides is 1. The highest BCUT2D eigenvalue weighted by molar-refractivity contribution is 5.94. The normalized spacial score (nSPS) is 21.3. The molecule has 0 spiro atoms. The summed E-state index contributed by atoms with van der Waals surface area (Å²) in [6.45, 7) is 9.08. The zero-order chi connectivity index (χ0) is 23.4. The van der Waals surface area contributed by atoms with Crippen LogP contribution in [0.2, 0.25) is 0 Å². The summed E-state index contributed by atoms with van der Waals surface area (Å²) in [5.41, 5.74) is 2.77. The van der Waals surface area contributed by atoms with Gasteiger partial charge in [0, 0.05) is 44.5 Å². The van der Waals surface area contributed by atoms with Crippen LogP contribution < -0.4 is 4.90 Å². The van der Waals surface area contributed by atoms with Crippen molar-refractivity contribution in [1.29, 1.82) is 5.26 Å². The summed E-state index contributed by atoms with van der Waals surface area (Å²) in [5, 5.41) is 8.98. The molecular formula is C27H35N5O. The summed E-state index contributed by atoms with van der Waals surface area (Å²) >= 11 is 0. The van der Waals surface area contributed by atoms with Crippen molar-refractivity contribution in [3.8, 4) is 6.07 Å². The molecule has 4 rings (SSSR count). The van der Waals surface area contributed by atoms with Crippen LogP contribution in [-0.2, 0) is 6.42 Å². The van der Waals surface area contributed by atoms with Crippen LogP contribution in [0.25, 0.3) is 0 Å². The molecular weight excluding hydrogens is 410 g/mol. The van der Waals surface area contributed by atoms with Crippen molar-refractivity contribution in [2.24, 2.45) is 5.92 Å². The van der Waals surface area contributed by atoms with Gasteiger partial charge in [-0.1, -0.05) is 12.1 Å². The molecule has 2 saturated heterocycles. The van der Waals surface area contributed by atoms with E-state index in [1.807, 2.05) is 41.3 Å². The average molecular weight is 446 g/mol. The molecule has 1 amide bonds. The topological polar surface area (TPSA) is 63.5 Å². The molecule has 1 aromatic heterocycles. The summed E-state index contributed by atoms with van der Waals surface area (Å²) in [4.78, 5) is 24.6. The smallest absolute Gasteiger partial charge is 0.255 e. The molecule has 2 fully saturated rings. The number of aromatic nitrogens is 1. The summed E-state index contributed by atoms with van der Waals surface area (Å²) < 4.78 is 0. The van der Waals surface area contributed by atoms with Gasteiger partial charge >= 0.3 is 0 Å². The predicted octanol–water partition coefficient (Wildman–Crippen LogP) is 3.97. The van der Waals surface area contributed by atoms with Crippen molar-refractivity contribution in [3.05, 3.63) is 59.3 Å². The van der Waals surface area contributed by atoms with E-state index in [-0.39, 0.29) is 11.4 Å². The maximum absolute atomic E-state index is 13.2. The zero-order valence-electron chi connectivity index (χ0n) is 20.1. The largest absolute Gasteiger partial charge is 0.355 e. The first kappa shape index (κ1) is 23.3. The molecule has 2 aliphatic heterocycles. The molecule has 0 saturated carbocycles. The quantitative estimate of drug-likeness (QED) is 0.713. The van der Waals surface area contributed by atoms with Gasteiger partial charge in [0.2, 0.25) is 0 Å². The van der Waals surface area contributed by atoms with E-state index in [1.54, 1.807) is 6.20 Å². The van der Waals surface area contributed by atoms with Crippen molar-refractivity contribution in [2.45, 2.75) is 45.1 Å². The number of likely N-dealkylation sites (N-methyl/N-ethyl adjacent to an activating group) is 1. The lowest BCUT2D eigenvalue weighted by atomic mass is 9.91. The zero-order valence-corrected chi connectivity index (χ0v) is 20.1. The summed E-state index contributed by atoms with van der Waals surface area (Å²) in [7, 11) is 2.19. The highest BCUT2D eigenvalue weighted by atomic mass is 16.2. The van der Waals surface area contributed by atoms with Crippen LogP contribution in [0.1, 0.15) is 54.6 Å². The van der Waals surface area contributed by atoms with Gasteiger partial charge in [0.1, 0.15) is 5.82 Å².